The number of hydrogen-bond acceptors (Lipinski definition) is 7. The molecule has 1 aromatic carbocycles. The highest BCUT2D eigenvalue weighted by atomic mass is 32.2. The summed E-state index contributed by atoms with van der Waals surface area (Å²) in [6, 6.07) is 12.2. The predicted octanol–water partition coefficient (Wildman–Crippen LogP) is 5.49. The van der Waals surface area contributed by atoms with Crippen molar-refractivity contribution in [1.82, 2.24) is 19.7 Å². The summed E-state index contributed by atoms with van der Waals surface area (Å²) >= 11 is 1.84. The summed E-state index contributed by atoms with van der Waals surface area (Å²) in [5.74, 6) is 2.77. The van der Waals surface area contributed by atoms with Crippen molar-refractivity contribution >= 4 is 22.8 Å². The van der Waals surface area contributed by atoms with Crippen LogP contribution in [-0.2, 0) is 10.5 Å². The summed E-state index contributed by atoms with van der Waals surface area (Å²) in [4.78, 5) is 8.77. The number of thioether (sulfide) groups is 1. The molecule has 0 bridgehead atoms. The summed E-state index contributed by atoms with van der Waals surface area (Å²) < 4.78 is 14.1. The van der Waals surface area contributed by atoms with Gasteiger partial charge in [-0.2, -0.15) is 17.0 Å². The Morgan fingerprint density at radius 2 is 1.94 bits per heavy atom. The van der Waals surface area contributed by atoms with Gasteiger partial charge in [0.25, 0.3) is 0 Å². The third-order valence-corrected chi connectivity index (χ3v) is 7.21. The first-order valence-electron chi connectivity index (χ1n) is 11.0. The van der Waals surface area contributed by atoms with Crippen LogP contribution in [0.25, 0.3) is 22.4 Å². The SMILES string of the molecule is Cc1noc(-c2ccccc2)c1CSCC1CCC(n2cc(C)c3c(C)nc(C#N)nc32)O1. The Labute approximate surface area is 196 Å². The molecule has 168 valence electrons. The molecule has 4 aromatic rings. The maximum atomic E-state index is 9.28. The predicted molar refractivity (Wildman–Crippen MR) is 128 cm³/mol. The number of ether oxygens (including phenoxy) is 1. The Balaban J connectivity index is 1.26. The maximum absolute atomic E-state index is 9.28. The summed E-state index contributed by atoms with van der Waals surface area (Å²) in [5.41, 5.74) is 5.84. The number of nitrogens with zero attached hydrogens (tertiary/aromatic N) is 5. The normalized spacial score (nSPS) is 18.1. The molecule has 1 saturated heterocycles. The van der Waals surface area contributed by atoms with E-state index in [0.29, 0.717) is 0 Å². The van der Waals surface area contributed by atoms with E-state index in [1.165, 1.54) is 0 Å². The largest absolute Gasteiger partial charge is 0.356 e. The fraction of sp³-hybridized carbons (Fsp3) is 0.360. The molecule has 0 N–H and O–H groups in total. The second-order valence-corrected chi connectivity index (χ2v) is 9.44. The third kappa shape index (κ3) is 4.14. The molecule has 8 heteroatoms. The number of aromatic nitrogens is 4. The number of aryl methyl sites for hydroxylation is 3. The molecular formula is C25H25N5O2S. The Hall–Kier alpha value is -3.15. The fourth-order valence-corrected chi connectivity index (χ4v) is 5.66. The van der Waals surface area contributed by atoms with Gasteiger partial charge in [0.15, 0.2) is 5.76 Å². The van der Waals surface area contributed by atoms with Crippen molar-refractivity contribution < 1.29 is 9.26 Å². The van der Waals surface area contributed by atoms with E-state index in [1.807, 2.05) is 55.9 Å². The molecule has 0 saturated carbocycles. The van der Waals surface area contributed by atoms with Crippen LogP contribution in [0.3, 0.4) is 0 Å². The number of hydrogen-bond donors (Lipinski definition) is 0. The molecule has 1 fully saturated rings. The van der Waals surface area contributed by atoms with Gasteiger partial charge >= 0.3 is 0 Å². The minimum atomic E-state index is -0.0788. The van der Waals surface area contributed by atoms with E-state index in [9.17, 15) is 5.26 Å². The van der Waals surface area contributed by atoms with Gasteiger partial charge in [-0.1, -0.05) is 35.5 Å². The van der Waals surface area contributed by atoms with E-state index in [-0.39, 0.29) is 18.2 Å². The number of fused-ring (bicyclic) bond motifs is 1. The zero-order chi connectivity index (χ0) is 22.9. The van der Waals surface area contributed by atoms with Crippen LogP contribution in [0.2, 0.25) is 0 Å². The first-order valence-corrected chi connectivity index (χ1v) is 12.2. The highest BCUT2D eigenvalue weighted by Crippen LogP contribution is 2.36. The summed E-state index contributed by atoms with van der Waals surface area (Å²) in [5, 5.41) is 14.5. The van der Waals surface area contributed by atoms with Crippen LogP contribution in [-0.4, -0.2) is 31.5 Å². The van der Waals surface area contributed by atoms with Crippen LogP contribution in [0.4, 0.5) is 0 Å². The van der Waals surface area contributed by atoms with Crippen molar-refractivity contribution in [3.63, 3.8) is 0 Å². The highest BCUT2D eigenvalue weighted by molar-refractivity contribution is 7.98. The lowest BCUT2D eigenvalue weighted by Gasteiger charge is -2.16. The first-order chi connectivity index (χ1) is 16.0. The molecule has 33 heavy (non-hydrogen) atoms. The molecule has 0 aliphatic carbocycles. The molecule has 5 rings (SSSR count). The summed E-state index contributed by atoms with van der Waals surface area (Å²) in [6.45, 7) is 5.97. The van der Waals surface area contributed by atoms with Crippen molar-refractivity contribution in [2.45, 2.75) is 51.7 Å². The van der Waals surface area contributed by atoms with Crippen molar-refractivity contribution in [3.8, 4) is 17.4 Å². The van der Waals surface area contributed by atoms with Crippen LogP contribution in [0.15, 0.2) is 41.1 Å². The summed E-state index contributed by atoms with van der Waals surface area (Å²) in [7, 11) is 0. The van der Waals surface area contributed by atoms with Crippen molar-refractivity contribution in [3.05, 3.63) is 64.9 Å². The Morgan fingerprint density at radius 1 is 1.12 bits per heavy atom. The van der Waals surface area contributed by atoms with Gasteiger partial charge in [-0.15, -0.1) is 0 Å². The van der Waals surface area contributed by atoms with Crippen molar-refractivity contribution in [2.24, 2.45) is 0 Å². The van der Waals surface area contributed by atoms with Gasteiger partial charge in [-0.25, -0.2) is 9.97 Å². The van der Waals surface area contributed by atoms with Crippen LogP contribution < -0.4 is 0 Å². The molecule has 2 unspecified atom stereocenters. The first kappa shape index (κ1) is 21.7. The van der Waals surface area contributed by atoms with Gasteiger partial charge in [0, 0.05) is 34.2 Å². The smallest absolute Gasteiger partial charge is 0.234 e. The maximum Gasteiger partial charge on any atom is 0.234 e. The van der Waals surface area contributed by atoms with Gasteiger partial charge in [-0.05, 0) is 39.2 Å². The van der Waals surface area contributed by atoms with Gasteiger partial charge in [0.05, 0.1) is 17.5 Å². The Morgan fingerprint density at radius 3 is 2.73 bits per heavy atom. The van der Waals surface area contributed by atoms with Crippen molar-refractivity contribution in [1.29, 1.82) is 5.26 Å². The molecule has 7 nitrogen and oxygen atoms in total. The summed E-state index contributed by atoms with van der Waals surface area (Å²) in [6.07, 6.45) is 4.06. The minimum Gasteiger partial charge on any atom is -0.356 e. The van der Waals surface area contributed by atoms with Gasteiger partial charge in [0.1, 0.15) is 17.9 Å². The zero-order valence-corrected chi connectivity index (χ0v) is 19.7. The second kappa shape index (κ2) is 9.00. The topological polar surface area (TPSA) is 89.8 Å². The number of rotatable bonds is 6. The molecule has 4 heterocycles. The van der Waals surface area contributed by atoms with E-state index in [0.717, 1.165) is 69.2 Å². The molecule has 0 amide bonds. The fourth-order valence-electron chi connectivity index (χ4n) is 4.49. The van der Waals surface area contributed by atoms with Crippen LogP contribution in [0.5, 0.6) is 0 Å². The quantitative estimate of drug-likeness (QED) is 0.376. The molecular weight excluding hydrogens is 434 g/mol. The molecule has 1 aliphatic heterocycles. The lowest BCUT2D eigenvalue weighted by Crippen LogP contribution is -2.13. The van der Waals surface area contributed by atoms with Crippen LogP contribution in [0, 0.1) is 32.1 Å². The molecule has 1 aliphatic rings. The third-order valence-electron chi connectivity index (χ3n) is 6.11. The molecule has 0 spiro atoms. The van der Waals surface area contributed by atoms with E-state index >= 15 is 0 Å². The Bertz CT molecular complexity index is 1340. The molecule has 3 aromatic heterocycles. The van der Waals surface area contributed by atoms with E-state index in [4.69, 9.17) is 9.26 Å². The monoisotopic (exact) mass is 459 g/mol. The highest BCUT2D eigenvalue weighted by Gasteiger charge is 2.29. The lowest BCUT2D eigenvalue weighted by molar-refractivity contribution is 0.0156. The van der Waals surface area contributed by atoms with Crippen LogP contribution in [0.1, 0.15) is 47.4 Å². The average Bonchev–Trinajstić information content (AvgIpc) is 3.52. The van der Waals surface area contributed by atoms with Gasteiger partial charge in [-0.3, -0.25) is 0 Å². The zero-order valence-electron chi connectivity index (χ0n) is 18.9. The average molecular weight is 460 g/mol. The van der Waals surface area contributed by atoms with E-state index in [1.54, 1.807) is 0 Å². The Kier molecular flexibility index (Phi) is 5.92. The van der Waals surface area contributed by atoms with Gasteiger partial charge < -0.3 is 13.8 Å². The van der Waals surface area contributed by atoms with E-state index < -0.39 is 0 Å². The van der Waals surface area contributed by atoms with Crippen LogP contribution >= 0.6 is 11.8 Å². The standard InChI is InChI=1S/C25H25N5O2S/c1-15-12-30(25-23(15)17(3)27-21(11-26)28-25)22-10-9-19(31-22)13-33-14-20-16(2)29-32-24(20)18-7-5-4-6-8-18/h4-8,12,19,22H,9-10,13-14H2,1-3H3. The number of benzene rings is 1. The molecule has 2 atom stereocenters. The second-order valence-electron chi connectivity index (χ2n) is 8.41. The van der Waals surface area contributed by atoms with Crippen molar-refractivity contribution in [2.75, 3.05) is 5.75 Å². The lowest BCUT2D eigenvalue weighted by atomic mass is 10.1. The minimum absolute atomic E-state index is 0.0788. The van der Waals surface area contributed by atoms with Gasteiger partial charge in [0.2, 0.25) is 5.82 Å². The number of nitriles is 1. The van der Waals surface area contributed by atoms with E-state index in [2.05, 4.69) is 38.9 Å². The molecule has 0 radical (unpaired) electrons.